The molecule has 0 amide bonds. The van der Waals surface area contributed by atoms with Crippen LogP contribution in [0.15, 0.2) is 36.9 Å². The summed E-state index contributed by atoms with van der Waals surface area (Å²) in [6.07, 6.45) is 9.90. The topological polar surface area (TPSA) is 59.7 Å². The highest BCUT2D eigenvalue weighted by Crippen LogP contribution is 2.32. The van der Waals surface area contributed by atoms with E-state index in [0.29, 0.717) is 11.8 Å². The largest absolute Gasteiger partial charge is 0.347 e. The first-order valence-electron chi connectivity index (χ1n) is 9.19. The lowest BCUT2D eigenvalue weighted by Gasteiger charge is -2.31. The summed E-state index contributed by atoms with van der Waals surface area (Å²) in [6, 6.07) is 4.13. The van der Waals surface area contributed by atoms with Gasteiger partial charge in [-0.3, -0.25) is 4.98 Å². The lowest BCUT2D eigenvalue weighted by atomic mass is 9.96. The van der Waals surface area contributed by atoms with E-state index in [-0.39, 0.29) is 0 Å². The summed E-state index contributed by atoms with van der Waals surface area (Å²) in [4.78, 5) is 11.1. The maximum Gasteiger partial charge on any atom is 0.208 e. The molecule has 0 unspecified atom stereocenters. The lowest BCUT2D eigenvalue weighted by Crippen LogP contribution is -2.33. The summed E-state index contributed by atoms with van der Waals surface area (Å²) >= 11 is 1.73. The maximum atomic E-state index is 4.66. The Labute approximate surface area is 157 Å². The van der Waals surface area contributed by atoms with Gasteiger partial charge in [0.15, 0.2) is 0 Å². The number of hydrogen-bond acceptors (Lipinski definition) is 6. The minimum atomic E-state index is 0.444. The number of imidazole rings is 1. The molecule has 1 aliphatic rings. The highest BCUT2D eigenvalue weighted by molar-refractivity contribution is 7.15. The van der Waals surface area contributed by atoms with Crippen LogP contribution in [-0.2, 0) is 6.54 Å². The molecule has 0 N–H and O–H groups in total. The Kier molecular flexibility index (Phi) is 4.97. The van der Waals surface area contributed by atoms with E-state index in [9.17, 15) is 0 Å². The van der Waals surface area contributed by atoms with Crippen LogP contribution in [0.5, 0.6) is 0 Å². The van der Waals surface area contributed by atoms with Gasteiger partial charge in [0.05, 0.1) is 0 Å². The first kappa shape index (κ1) is 17.1. The van der Waals surface area contributed by atoms with Crippen molar-refractivity contribution in [2.45, 2.75) is 45.1 Å². The molecule has 6 nitrogen and oxygen atoms in total. The van der Waals surface area contributed by atoms with Gasteiger partial charge in [-0.1, -0.05) is 25.2 Å². The fourth-order valence-corrected chi connectivity index (χ4v) is 4.31. The molecule has 3 aromatic rings. The molecule has 0 spiro atoms. The van der Waals surface area contributed by atoms with Crippen LogP contribution in [0, 0.1) is 0 Å². The Balaban J connectivity index is 1.41. The summed E-state index contributed by atoms with van der Waals surface area (Å²) in [5.41, 5.74) is 1.26. The first-order valence-corrected chi connectivity index (χ1v) is 10.0. The predicted molar refractivity (Wildman–Crippen MR) is 104 cm³/mol. The van der Waals surface area contributed by atoms with Gasteiger partial charge in [0.25, 0.3) is 0 Å². The fraction of sp³-hybridized carbons (Fsp3) is 0.474. The van der Waals surface area contributed by atoms with Gasteiger partial charge in [0.2, 0.25) is 5.13 Å². The minimum absolute atomic E-state index is 0.444. The highest BCUT2D eigenvalue weighted by atomic mass is 32.1. The van der Waals surface area contributed by atoms with Crippen molar-refractivity contribution in [1.82, 2.24) is 24.7 Å². The maximum absolute atomic E-state index is 4.66. The molecule has 7 heteroatoms. The second-order valence-corrected chi connectivity index (χ2v) is 8.10. The number of anilines is 1. The van der Waals surface area contributed by atoms with Crippen LogP contribution in [0.25, 0.3) is 0 Å². The third-order valence-electron chi connectivity index (χ3n) is 4.90. The normalized spacial score (nSPS) is 15.7. The van der Waals surface area contributed by atoms with E-state index in [2.05, 4.69) is 61.8 Å². The number of nitrogens with zero attached hydrogens (tertiary/aromatic N) is 6. The van der Waals surface area contributed by atoms with Crippen LogP contribution >= 0.6 is 11.3 Å². The van der Waals surface area contributed by atoms with Gasteiger partial charge in [-0.2, -0.15) is 0 Å². The number of aromatic nitrogens is 5. The van der Waals surface area contributed by atoms with Gasteiger partial charge >= 0.3 is 0 Å². The standard InChI is InChI=1S/C19H24N6S/c1-14(2)18-22-23-19(26-18)24-10-5-16(6-11-24)17-21-9-12-25(17)13-15-3-7-20-8-4-15/h3-4,7-9,12,14,16H,5-6,10-11,13H2,1-2H3. The Hall–Kier alpha value is -2.28. The van der Waals surface area contributed by atoms with Gasteiger partial charge in [0.1, 0.15) is 10.8 Å². The summed E-state index contributed by atoms with van der Waals surface area (Å²) in [5.74, 6) is 2.14. The van der Waals surface area contributed by atoms with Crippen LogP contribution in [0.3, 0.4) is 0 Å². The van der Waals surface area contributed by atoms with E-state index < -0.39 is 0 Å². The van der Waals surface area contributed by atoms with Gasteiger partial charge in [-0.15, -0.1) is 10.2 Å². The average Bonchev–Trinajstić information content (AvgIpc) is 3.32. The van der Waals surface area contributed by atoms with Crippen LogP contribution in [-0.4, -0.2) is 37.8 Å². The summed E-state index contributed by atoms with van der Waals surface area (Å²) in [5, 5.41) is 10.9. The molecule has 3 aromatic heterocycles. The Bertz CT molecular complexity index is 833. The zero-order chi connectivity index (χ0) is 17.9. The van der Waals surface area contributed by atoms with Crippen LogP contribution in [0.2, 0.25) is 0 Å². The van der Waals surface area contributed by atoms with Crippen molar-refractivity contribution in [3.8, 4) is 0 Å². The van der Waals surface area contributed by atoms with Gasteiger partial charge in [0, 0.05) is 56.3 Å². The van der Waals surface area contributed by atoms with Crippen molar-refractivity contribution in [1.29, 1.82) is 0 Å². The highest BCUT2D eigenvalue weighted by Gasteiger charge is 2.26. The number of piperidine rings is 1. The number of hydrogen-bond donors (Lipinski definition) is 0. The molecule has 1 fully saturated rings. The molecule has 0 saturated carbocycles. The third-order valence-corrected chi connectivity index (χ3v) is 6.19. The van der Waals surface area contributed by atoms with E-state index >= 15 is 0 Å². The minimum Gasteiger partial charge on any atom is -0.347 e. The molecule has 26 heavy (non-hydrogen) atoms. The number of rotatable bonds is 5. The second kappa shape index (κ2) is 7.53. The molecule has 1 saturated heterocycles. The van der Waals surface area contributed by atoms with Crippen molar-refractivity contribution >= 4 is 16.5 Å². The van der Waals surface area contributed by atoms with Crippen molar-refractivity contribution in [3.05, 3.63) is 53.3 Å². The fourth-order valence-electron chi connectivity index (χ4n) is 3.42. The zero-order valence-electron chi connectivity index (χ0n) is 15.2. The third kappa shape index (κ3) is 3.62. The molecule has 0 aliphatic carbocycles. The molecular formula is C19H24N6S. The van der Waals surface area contributed by atoms with Crippen molar-refractivity contribution < 1.29 is 0 Å². The van der Waals surface area contributed by atoms with Crippen molar-refractivity contribution in [2.75, 3.05) is 18.0 Å². The van der Waals surface area contributed by atoms with Crippen LogP contribution in [0.1, 0.15) is 54.9 Å². The molecule has 0 aromatic carbocycles. The van der Waals surface area contributed by atoms with Crippen molar-refractivity contribution in [2.24, 2.45) is 0 Å². The van der Waals surface area contributed by atoms with E-state index in [1.165, 1.54) is 11.4 Å². The molecular weight excluding hydrogens is 344 g/mol. The van der Waals surface area contributed by atoms with E-state index in [4.69, 9.17) is 0 Å². The molecule has 1 aliphatic heterocycles. The number of pyridine rings is 1. The quantitative estimate of drug-likeness (QED) is 0.687. The Morgan fingerprint density at radius 2 is 1.88 bits per heavy atom. The van der Waals surface area contributed by atoms with Gasteiger partial charge in [-0.25, -0.2) is 4.98 Å². The second-order valence-electron chi connectivity index (χ2n) is 7.11. The average molecular weight is 369 g/mol. The Morgan fingerprint density at radius 1 is 1.12 bits per heavy atom. The zero-order valence-corrected chi connectivity index (χ0v) is 16.1. The summed E-state index contributed by atoms with van der Waals surface area (Å²) in [6.45, 7) is 7.21. The van der Waals surface area contributed by atoms with Gasteiger partial charge < -0.3 is 9.47 Å². The molecule has 136 valence electrons. The van der Waals surface area contributed by atoms with Gasteiger partial charge in [-0.05, 0) is 30.5 Å². The summed E-state index contributed by atoms with van der Waals surface area (Å²) in [7, 11) is 0. The van der Waals surface area contributed by atoms with Crippen LogP contribution in [0.4, 0.5) is 5.13 Å². The van der Waals surface area contributed by atoms with Crippen LogP contribution < -0.4 is 4.90 Å². The smallest absolute Gasteiger partial charge is 0.208 e. The summed E-state index contributed by atoms with van der Waals surface area (Å²) < 4.78 is 2.28. The Morgan fingerprint density at radius 3 is 2.58 bits per heavy atom. The predicted octanol–water partition coefficient (Wildman–Crippen LogP) is 3.69. The van der Waals surface area contributed by atoms with E-state index in [1.807, 2.05) is 18.6 Å². The van der Waals surface area contributed by atoms with Crippen molar-refractivity contribution in [3.63, 3.8) is 0 Å². The first-order chi connectivity index (χ1) is 12.7. The van der Waals surface area contributed by atoms with E-state index in [0.717, 1.165) is 42.6 Å². The SMILES string of the molecule is CC(C)c1nnc(N2CCC(c3nccn3Cc3ccncc3)CC2)s1. The molecule has 0 atom stereocenters. The molecule has 0 bridgehead atoms. The molecule has 4 rings (SSSR count). The van der Waals surface area contributed by atoms with E-state index in [1.54, 1.807) is 11.3 Å². The molecule has 4 heterocycles. The monoisotopic (exact) mass is 368 g/mol. The lowest BCUT2D eigenvalue weighted by molar-refractivity contribution is 0.469. The molecule has 0 radical (unpaired) electrons.